The molecule has 3 rings (SSSR count). The van der Waals surface area contributed by atoms with Crippen molar-refractivity contribution in [1.29, 1.82) is 5.41 Å². The Kier molecular flexibility index (Phi) is 5.42. The van der Waals surface area contributed by atoms with Crippen molar-refractivity contribution < 1.29 is 14.7 Å². The van der Waals surface area contributed by atoms with Crippen LogP contribution >= 0.6 is 11.6 Å². The average molecular weight is 398 g/mol. The van der Waals surface area contributed by atoms with Crippen LogP contribution in [0.25, 0.3) is 10.8 Å². The number of guanidine groups is 1. The Labute approximate surface area is 165 Å². The molecule has 2 aromatic carbocycles. The summed E-state index contributed by atoms with van der Waals surface area (Å²) in [6.45, 7) is -0.493. The zero-order valence-corrected chi connectivity index (χ0v) is 15.3. The van der Waals surface area contributed by atoms with Crippen LogP contribution in [0.5, 0.6) is 0 Å². The molecule has 0 atom stereocenters. The number of amides is 1. The lowest BCUT2D eigenvalue weighted by molar-refractivity contribution is -0.135. The molecule has 0 saturated carbocycles. The van der Waals surface area contributed by atoms with E-state index in [9.17, 15) is 14.7 Å². The van der Waals surface area contributed by atoms with Crippen LogP contribution in [-0.2, 0) is 4.79 Å². The maximum absolute atomic E-state index is 13.1. The number of carboxylic acids is 1. The van der Waals surface area contributed by atoms with E-state index in [1.54, 1.807) is 48.5 Å². The number of nitrogens with two attached hydrogens (primary N) is 1. The van der Waals surface area contributed by atoms with Gasteiger partial charge < -0.3 is 16.2 Å². The fraction of sp³-hybridized carbons (Fsp3) is 0.0526. The molecular formula is C19H16ClN5O3. The Morgan fingerprint density at radius 3 is 2.54 bits per heavy atom. The van der Waals surface area contributed by atoms with E-state index in [0.717, 1.165) is 0 Å². The zero-order valence-electron chi connectivity index (χ0n) is 14.5. The van der Waals surface area contributed by atoms with Crippen molar-refractivity contribution in [3.05, 3.63) is 65.3 Å². The first-order valence-electron chi connectivity index (χ1n) is 8.15. The molecule has 28 heavy (non-hydrogen) atoms. The first kappa shape index (κ1) is 19.1. The minimum absolute atomic E-state index is 0.244. The first-order chi connectivity index (χ1) is 13.4. The van der Waals surface area contributed by atoms with Crippen LogP contribution in [0.2, 0.25) is 5.02 Å². The van der Waals surface area contributed by atoms with Crippen LogP contribution in [-0.4, -0.2) is 34.5 Å². The second-order valence-corrected chi connectivity index (χ2v) is 6.28. The molecule has 1 heterocycles. The summed E-state index contributed by atoms with van der Waals surface area (Å²) in [5.74, 6) is -1.68. The van der Waals surface area contributed by atoms with Gasteiger partial charge >= 0.3 is 5.97 Å². The summed E-state index contributed by atoms with van der Waals surface area (Å²) >= 11 is 6.18. The predicted molar refractivity (Wildman–Crippen MR) is 108 cm³/mol. The number of aliphatic carboxylic acids is 1. The molecule has 0 aliphatic heterocycles. The molecule has 9 heteroatoms. The van der Waals surface area contributed by atoms with Crippen molar-refractivity contribution in [2.45, 2.75) is 0 Å². The topological polar surface area (TPSA) is 132 Å². The van der Waals surface area contributed by atoms with Crippen molar-refractivity contribution in [3.63, 3.8) is 0 Å². The normalized spacial score (nSPS) is 10.5. The number of fused-ring (bicyclic) bond motifs is 1. The lowest BCUT2D eigenvalue weighted by atomic mass is 10.1. The summed E-state index contributed by atoms with van der Waals surface area (Å²) in [6.07, 6.45) is 1.41. The van der Waals surface area contributed by atoms with Gasteiger partial charge in [0, 0.05) is 28.2 Å². The fourth-order valence-corrected chi connectivity index (χ4v) is 2.96. The van der Waals surface area contributed by atoms with Gasteiger partial charge in [-0.25, -0.2) is 4.98 Å². The second kappa shape index (κ2) is 7.93. The standard InChI is InChI=1S/C19H16ClN5O3/c20-15-9-23-17(24-19(21)22)14-8-11(6-7-13(14)15)18(28)25(10-16(26)27)12-4-2-1-3-5-12/h1-9H,10H2,(H,26,27)(H4,21,22,23,24). The lowest BCUT2D eigenvalue weighted by Crippen LogP contribution is -2.35. The summed E-state index contributed by atoms with van der Waals surface area (Å²) in [6, 6.07) is 13.3. The number of carbonyl (C=O) groups excluding carboxylic acids is 1. The smallest absolute Gasteiger partial charge is 0.323 e. The first-order valence-corrected chi connectivity index (χ1v) is 8.52. The molecule has 0 aliphatic rings. The quantitative estimate of drug-likeness (QED) is 0.386. The van der Waals surface area contributed by atoms with Gasteiger partial charge in [0.15, 0.2) is 5.96 Å². The minimum atomic E-state index is -1.14. The van der Waals surface area contributed by atoms with E-state index in [1.807, 2.05) is 0 Å². The molecule has 1 amide bonds. The maximum atomic E-state index is 13.1. The van der Waals surface area contributed by atoms with Gasteiger partial charge in [-0.3, -0.25) is 19.9 Å². The zero-order chi connectivity index (χ0) is 20.3. The van der Waals surface area contributed by atoms with E-state index in [-0.39, 0.29) is 17.3 Å². The third kappa shape index (κ3) is 4.02. The summed E-state index contributed by atoms with van der Waals surface area (Å²) in [7, 11) is 0. The molecule has 0 spiro atoms. The molecule has 142 valence electrons. The Morgan fingerprint density at radius 2 is 1.89 bits per heavy atom. The molecule has 0 bridgehead atoms. The Morgan fingerprint density at radius 1 is 1.18 bits per heavy atom. The fourth-order valence-electron chi connectivity index (χ4n) is 2.75. The van der Waals surface area contributed by atoms with E-state index < -0.39 is 18.4 Å². The maximum Gasteiger partial charge on any atom is 0.323 e. The SMILES string of the molecule is N=C(N)Nc1ncc(Cl)c2ccc(C(=O)N(CC(=O)O)c3ccccc3)cc12. The molecule has 1 aromatic heterocycles. The van der Waals surface area contributed by atoms with Gasteiger partial charge in [0.25, 0.3) is 5.91 Å². The van der Waals surface area contributed by atoms with Crippen LogP contribution in [0.3, 0.4) is 0 Å². The number of carboxylic acid groups (broad SMARTS) is 1. The number of para-hydroxylation sites is 1. The van der Waals surface area contributed by atoms with Crippen LogP contribution in [0.1, 0.15) is 10.4 Å². The van der Waals surface area contributed by atoms with Gasteiger partial charge in [0.05, 0.1) is 5.02 Å². The van der Waals surface area contributed by atoms with Crippen molar-refractivity contribution in [1.82, 2.24) is 4.98 Å². The Balaban J connectivity index is 2.09. The van der Waals surface area contributed by atoms with Gasteiger partial charge in [-0.15, -0.1) is 0 Å². The largest absolute Gasteiger partial charge is 0.480 e. The molecule has 0 fully saturated rings. The van der Waals surface area contributed by atoms with Gasteiger partial charge in [0.2, 0.25) is 0 Å². The number of nitrogens with zero attached hydrogens (tertiary/aromatic N) is 2. The number of nitrogens with one attached hydrogen (secondary N) is 2. The third-order valence-corrected chi connectivity index (χ3v) is 4.25. The summed E-state index contributed by atoms with van der Waals surface area (Å²) in [4.78, 5) is 29.6. The summed E-state index contributed by atoms with van der Waals surface area (Å²) < 4.78 is 0. The molecule has 5 N–H and O–H groups in total. The minimum Gasteiger partial charge on any atom is -0.480 e. The van der Waals surface area contributed by atoms with Crippen LogP contribution in [0.4, 0.5) is 11.5 Å². The van der Waals surface area contributed by atoms with E-state index >= 15 is 0 Å². The van der Waals surface area contributed by atoms with E-state index in [0.29, 0.717) is 21.5 Å². The van der Waals surface area contributed by atoms with Crippen LogP contribution in [0.15, 0.2) is 54.7 Å². The lowest BCUT2D eigenvalue weighted by Gasteiger charge is -2.21. The van der Waals surface area contributed by atoms with E-state index in [1.165, 1.54) is 11.1 Å². The Hall–Kier alpha value is -3.65. The molecule has 0 unspecified atom stereocenters. The number of rotatable bonds is 5. The highest BCUT2D eigenvalue weighted by molar-refractivity contribution is 6.36. The number of pyridine rings is 1. The number of anilines is 2. The van der Waals surface area contributed by atoms with Gasteiger partial charge in [0.1, 0.15) is 12.4 Å². The number of hydrogen-bond acceptors (Lipinski definition) is 4. The van der Waals surface area contributed by atoms with Crippen LogP contribution in [0, 0.1) is 5.41 Å². The monoisotopic (exact) mass is 397 g/mol. The van der Waals surface area contributed by atoms with Crippen LogP contribution < -0.4 is 16.0 Å². The highest BCUT2D eigenvalue weighted by atomic mass is 35.5. The number of aromatic nitrogens is 1. The average Bonchev–Trinajstić information content (AvgIpc) is 2.68. The highest BCUT2D eigenvalue weighted by Gasteiger charge is 2.21. The molecular weight excluding hydrogens is 382 g/mol. The third-order valence-electron chi connectivity index (χ3n) is 3.95. The van der Waals surface area contributed by atoms with Crippen molar-refractivity contribution in [2.24, 2.45) is 5.73 Å². The van der Waals surface area contributed by atoms with Gasteiger partial charge in [-0.2, -0.15) is 0 Å². The van der Waals surface area contributed by atoms with E-state index in [2.05, 4.69) is 10.3 Å². The number of hydrogen-bond donors (Lipinski definition) is 4. The highest BCUT2D eigenvalue weighted by Crippen LogP contribution is 2.29. The molecule has 8 nitrogen and oxygen atoms in total. The van der Waals surface area contributed by atoms with Crippen molar-refractivity contribution in [3.8, 4) is 0 Å². The van der Waals surface area contributed by atoms with Crippen molar-refractivity contribution >= 4 is 51.7 Å². The second-order valence-electron chi connectivity index (χ2n) is 5.87. The predicted octanol–water partition coefficient (Wildman–Crippen LogP) is 2.92. The molecule has 0 aliphatic carbocycles. The van der Waals surface area contributed by atoms with E-state index in [4.69, 9.17) is 22.7 Å². The van der Waals surface area contributed by atoms with Crippen molar-refractivity contribution in [2.75, 3.05) is 16.8 Å². The summed E-state index contributed by atoms with van der Waals surface area (Å²) in [5, 5.41) is 20.7. The molecule has 3 aromatic rings. The summed E-state index contributed by atoms with van der Waals surface area (Å²) in [5.41, 5.74) is 6.09. The molecule has 0 saturated heterocycles. The number of benzene rings is 2. The van der Waals surface area contributed by atoms with Gasteiger partial charge in [-0.1, -0.05) is 35.9 Å². The number of halogens is 1. The van der Waals surface area contributed by atoms with Gasteiger partial charge in [-0.05, 0) is 24.3 Å². The number of carbonyl (C=O) groups is 2. The molecule has 0 radical (unpaired) electrons. The Bertz CT molecular complexity index is 1070.